The van der Waals surface area contributed by atoms with Crippen molar-refractivity contribution in [2.45, 2.75) is 51.6 Å². The van der Waals surface area contributed by atoms with Gasteiger partial charge in [0.1, 0.15) is 12.6 Å². The molecule has 208 valence electrons. The highest BCUT2D eigenvalue weighted by Crippen LogP contribution is 2.31. The molecule has 0 spiro atoms. The molecule has 0 heterocycles. The number of amides is 2. The van der Waals surface area contributed by atoms with E-state index in [2.05, 4.69) is 5.32 Å². The van der Waals surface area contributed by atoms with Gasteiger partial charge in [-0.3, -0.25) is 13.9 Å². The average molecular weight is 591 g/mol. The number of aryl methyl sites for hydroxylation is 1. The van der Waals surface area contributed by atoms with Gasteiger partial charge in [-0.2, -0.15) is 0 Å². The first-order valence-electron chi connectivity index (χ1n) is 12.6. The third kappa shape index (κ3) is 7.53. The van der Waals surface area contributed by atoms with Gasteiger partial charge >= 0.3 is 0 Å². The number of hydrogen-bond donors (Lipinski definition) is 1. The predicted molar refractivity (Wildman–Crippen MR) is 157 cm³/mol. The molecule has 3 rings (SSSR count). The molecule has 39 heavy (non-hydrogen) atoms. The van der Waals surface area contributed by atoms with Gasteiger partial charge in [0.2, 0.25) is 11.8 Å². The molecular formula is C29H33Cl2N3O4S. The first-order chi connectivity index (χ1) is 18.4. The van der Waals surface area contributed by atoms with Crippen LogP contribution in [0.15, 0.2) is 71.6 Å². The van der Waals surface area contributed by atoms with E-state index in [1.807, 2.05) is 13.8 Å². The molecule has 7 nitrogen and oxygen atoms in total. The van der Waals surface area contributed by atoms with Crippen LogP contribution >= 0.6 is 23.2 Å². The number of halogens is 2. The Kier molecular flexibility index (Phi) is 10.4. The minimum absolute atomic E-state index is 0.0401. The number of carbonyl (C=O) groups excluding carboxylic acids is 2. The lowest BCUT2D eigenvalue weighted by Gasteiger charge is -2.32. The molecule has 1 atom stereocenters. The molecule has 1 N–H and O–H groups in total. The molecule has 2 amide bonds. The van der Waals surface area contributed by atoms with Crippen LogP contribution in [0.4, 0.5) is 5.69 Å². The third-order valence-electron chi connectivity index (χ3n) is 6.38. The van der Waals surface area contributed by atoms with Crippen LogP contribution in [-0.4, -0.2) is 44.3 Å². The summed E-state index contributed by atoms with van der Waals surface area (Å²) in [7, 11) is -4.17. The van der Waals surface area contributed by atoms with Crippen LogP contribution in [0, 0.1) is 13.8 Å². The largest absolute Gasteiger partial charge is 0.354 e. The van der Waals surface area contributed by atoms with E-state index in [4.69, 9.17) is 23.2 Å². The van der Waals surface area contributed by atoms with Crippen molar-refractivity contribution in [3.63, 3.8) is 0 Å². The van der Waals surface area contributed by atoms with E-state index in [0.29, 0.717) is 22.2 Å². The maximum atomic E-state index is 13.9. The number of nitrogens with one attached hydrogen (secondary N) is 1. The molecule has 0 saturated carbocycles. The maximum Gasteiger partial charge on any atom is 0.264 e. The van der Waals surface area contributed by atoms with Crippen LogP contribution < -0.4 is 9.62 Å². The molecule has 0 bridgehead atoms. The number of sulfonamides is 1. The van der Waals surface area contributed by atoms with Crippen LogP contribution in [0.25, 0.3) is 0 Å². The van der Waals surface area contributed by atoms with E-state index < -0.39 is 28.5 Å². The van der Waals surface area contributed by atoms with E-state index in [1.165, 1.54) is 17.0 Å². The molecule has 3 aromatic rings. The van der Waals surface area contributed by atoms with Crippen molar-refractivity contribution in [1.82, 2.24) is 10.2 Å². The highest BCUT2D eigenvalue weighted by molar-refractivity contribution is 7.92. The molecule has 10 heteroatoms. The minimum Gasteiger partial charge on any atom is -0.354 e. The topological polar surface area (TPSA) is 86.8 Å². The Morgan fingerprint density at radius 3 is 2.21 bits per heavy atom. The average Bonchev–Trinajstić information content (AvgIpc) is 2.91. The summed E-state index contributed by atoms with van der Waals surface area (Å²) in [6.07, 6.45) is 0.736. The SMILES string of the molecule is CCCNC(=O)[C@H](C)N(Cc1ccc(Cl)cc1)C(=O)CN(c1cccc(Cl)c1C)S(=O)(=O)c1ccc(C)cc1. The van der Waals surface area contributed by atoms with E-state index in [0.717, 1.165) is 21.9 Å². The molecule has 3 aromatic carbocycles. The van der Waals surface area contributed by atoms with Crippen molar-refractivity contribution < 1.29 is 18.0 Å². The molecule has 0 aliphatic rings. The van der Waals surface area contributed by atoms with Crippen LogP contribution in [-0.2, 0) is 26.2 Å². The van der Waals surface area contributed by atoms with E-state index in [1.54, 1.807) is 68.4 Å². The quantitative estimate of drug-likeness (QED) is 0.308. The van der Waals surface area contributed by atoms with Crippen LogP contribution in [0.5, 0.6) is 0 Å². The first-order valence-corrected chi connectivity index (χ1v) is 14.8. The molecule has 0 aromatic heterocycles. The predicted octanol–water partition coefficient (Wildman–Crippen LogP) is 5.75. The fourth-order valence-corrected chi connectivity index (χ4v) is 5.75. The van der Waals surface area contributed by atoms with Crippen LogP contribution in [0.3, 0.4) is 0 Å². The lowest BCUT2D eigenvalue weighted by Crippen LogP contribution is -2.51. The molecule has 0 radical (unpaired) electrons. The number of carbonyl (C=O) groups is 2. The Hall–Kier alpha value is -3.07. The van der Waals surface area contributed by atoms with Gasteiger partial charge in [-0.15, -0.1) is 0 Å². The molecule has 0 unspecified atom stereocenters. The van der Waals surface area contributed by atoms with Crippen molar-refractivity contribution in [2.75, 3.05) is 17.4 Å². The van der Waals surface area contributed by atoms with Gasteiger partial charge in [-0.1, -0.05) is 66.0 Å². The standard InChI is InChI=1S/C29H33Cl2N3O4S/c1-5-17-32-29(36)22(4)33(18-23-11-13-24(30)14-12-23)28(35)19-34(27-8-6-7-26(31)21(27)3)39(37,38)25-15-9-20(2)10-16-25/h6-16,22H,5,17-19H2,1-4H3,(H,32,36)/t22-/m0/s1. The normalized spacial score (nSPS) is 12.1. The van der Waals surface area contributed by atoms with Gasteiger partial charge in [0, 0.05) is 23.1 Å². The van der Waals surface area contributed by atoms with Gasteiger partial charge in [-0.25, -0.2) is 8.42 Å². The van der Waals surface area contributed by atoms with E-state index in [9.17, 15) is 18.0 Å². The van der Waals surface area contributed by atoms with Crippen molar-refractivity contribution in [3.05, 3.63) is 93.5 Å². The zero-order chi connectivity index (χ0) is 28.7. The summed E-state index contributed by atoms with van der Waals surface area (Å²) < 4.78 is 28.9. The first kappa shape index (κ1) is 30.5. The highest BCUT2D eigenvalue weighted by Gasteiger charge is 2.33. The second kappa shape index (κ2) is 13.3. The Labute approximate surface area is 240 Å². The molecule has 0 fully saturated rings. The summed E-state index contributed by atoms with van der Waals surface area (Å²) in [5.74, 6) is -0.870. The zero-order valence-electron chi connectivity index (χ0n) is 22.4. The monoisotopic (exact) mass is 589 g/mol. The summed E-state index contributed by atoms with van der Waals surface area (Å²) in [6, 6.07) is 17.4. The van der Waals surface area contributed by atoms with Crippen LogP contribution in [0.1, 0.15) is 37.0 Å². The van der Waals surface area contributed by atoms with Crippen molar-refractivity contribution >= 4 is 50.7 Å². The maximum absolute atomic E-state index is 13.9. The lowest BCUT2D eigenvalue weighted by molar-refractivity contribution is -0.139. The second-order valence-corrected chi connectivity index (χ2v) is 12.0. The highest BCUT2D eigenvalue weighted by atomic mass is 35.5. The van der Waals surface area contributed by atoms with E-state index in [-0.39, 0.29) is 23.0 Å². The number of anilines is 1. The smallest absolute Gasteiger partial charge is 0.264 e. The number of rotatable bonds is 11. The van der Waals surface area contributed by atoms with Crippen LogP contribution in [0.2, 0.25) is 10.0 Å². The molecule has 0 aliphatic carbocycles. The van der Waals surface area contributed by atoms with Gasteiger partial charge in [0.25, 0.3) is 10.0 Å². The summed E-state index contributed by atoms with van der Waals surface area (Å²) >= 11 is 12.4. The lowest BCUT2D eigenvalue weighted by atomic mass is 10.1. The Morgan fingerprint density at radius 1 is 0.949 bits per heavy atom. The summed E-state index contributed by atoms with van der Waals surface area (Å²) in [5.41, 5.74) is 2.44. The summed E-state index contributed by atoms with van der Waals surface area (Å²) in [4.78, 5) is 28.3. The van der Waals surface area contributed by atoms with Gasteiger partial charge in [0.15, 0.2) is 0 Å². The fraction of sp³-hybridized carbons (Fsp3) is 0.310. The Bertz CT molecular complexity index is 1410. The Morgan fingerprint density at radius 2 is 1.59 bits per heavy atom. The van der Waals surface area contributed by atoms with Crippen molar-refractivity contribution in [3.8, 4) is 0 Å². The van der Waals surface area contributed by atoms with Crippen molar-refractivity contribution in [2.24, 2.45) is 0 Å². The summed E-state index contributed by atoms with van der Waals surface area (Å²) in [6.45, 7) is 7.14. The van der Waals surface area contributed by atoms with Gasteiger partial charge in [-0.05, 0) is 74.7 Å². The zero-order valence-corrected chi connectivity index (χ0v) is 24.8. The summed E-state index contributed by atoms with van der Waals surface area (Å²) in [5, 5.41) is 3.73. The van der Waals surface area contributed by atoms with E-state index >= 15 is 0 Å². The van der Waals surface area contributed by atoms with Crippen molar-refractivity contribution in [1.29, 1.82) is 0 Å². The molecular weight excluding hydrogens is 557 g/mol. The fourth-order valence-electron chi connectivity index (χ4n) is 3.98. The number of hydrogen-bond acceptors (Lipinski definition) is 4. The number of nitrogens with zero attached hydrogens (tertiary/aromatic N) is 2. The Balaban J connectivity index is 2.05. The number of benzene rings is 3. The molecule has 0 saturated heterocycles. The second-order valence-electron chi connectivity index (χ2n) is 9.32. The van der Waals surface area contributed by atoms with Gasteiger partial charge in [0.05, 0.1) is 10.6 Å². The van der Waals surface area contributed by atoms with Gasteiger partial charge < -0.3 is 10.2 Å². The minimum atomic E-state index is -4.17. The molecule has 0 aliphatic heterocycles. The third-order valence-corrected chi connectivity index (χ3v) is 8.81.